The van der Waals surface area contributed by atoms with E-state index in [4.69, 9.17) is 9.47 Å². The molecule has 4 rings (SSSR count). The number of aryl methyl sites for hydroxylation is 1. The Morgan fingerprint density at radius 1 is 1.30 bits per heavy atom. The molecular weight excluding hydrogens is 342 g/mol. The minimum Gasteiger partial charge on any atom is -0.497 e. The Morgan fingerprint density at radius 2 is 2.11 bits per heavy atom. The van der Waals surface area contributed by atoms with Crippen molar-refractivity contribution in [2.75, 3.05) is 20.3 Å². The highest BCUT2D eigenvalue weighted by atomic mass is 16.5. The third kappa shape index (κ3) is 3.58. The van der Waals surface area contributed by atoms with E-state index in [1.807, 2.05) is 19.2 Å². The van der Waals surface area contributed by atoms with E-state index in [-0.39, 0.29) is 11.9 Å². The fourth-order valence-corrected chi connectivity index (χ4v) is 4.27. The first kappa shape index (κ1) is 18.0. The van der Waals surface area contributed by atoms with Gasteiger partial charge in [-0.1, -0.05) is 6.07 Å². The van der Waals surface area contributed by atoms with Gasteiger partial charge in [-0.15, -0.1) is 0 Å². The van der Waals surface area contributed by atoms with E-state index in [9.17, 15) is 4.79 Å². The minimum absolute atomic E-state index is 0.0765. The average molecular weight is 369 g/mol. The lowest BCUT2D eigenvalue weighted by atomic mass is 9.82. The van der Waals surface area contributed by atoms with E-state index in [1.54, 1.807) is 18.0 Å². The number of hydrogen-bond acceptors (Lipinski definition) is 4. The smallest absolute Gasteiger partial charge is 0.257 e. The molecule has 6 nitrogen and oxygen atoms in total. The Hall–Kier alpha value is -2.34. The summed E-state index contributed by atoms with van der Waals surface area (Å²) in [5, 5.41) is 4.29. The highest BCUT2D eigenvalue weighted by Gasteiger charge is 2.36. The molecule has 144 valence electrons. The van der Waals surface area contributed by atoms with E-state index in [1.165, 1.54) is 11.1 Å². The number of fused-ring (bicyclic) bond motifs is 1. The number of methoxy groups -OCH3 is 1. The van der Waals surface area contributed by atoms with Crippen LogP contribution in [0.5, 0.6) is 5.75 Å². The third-order valence-electron chi connectivity index (χ3n) is 5.86. The molecule has 6 heteroatoms. The third-order valence-corrected chi connectivity index (χ3v) is 5.86. The largest absolute Gasteiger partial charge is 0.497 e. The molecule has 0 bridgehead atoms. The number of aromatic nitrogens is 2. The lowest BCUT2D eigenvalue weighted by molar-refractivity contribution is 0.0180. The van der Waals surface area contributed by atoms with Crippen molar-refractivity contribution >= 4 is 5.91 Å². The van der Waals surface area contributed by atoms with Gasteiger partial charge in [-0.3, -0.25) is 9.48 Å². The van der Waals surface area contributed by atoms with E-state index < -0.39 is 0 Å². The van der Waals surface area contributed by atoms with Crippen molar-refractivity contribution in [1.29, 1.82) is 0 Å². The molecule has 2 aliphatic rings. The van der Waals surface area contributed by atoms with Crippen LogP contribution in [0, 0.1) is 5.92 Å². The SMILES string of the molecule is CCn1cc(C(=O)N2Cc3ccc(OC)cc3CC2C2CCOCC2)cn1. The quantitative estimate of drug-likeness (QED) is 0.832. The van der Waals surface area contributed by atoms with Crippen molar-refractivity contribution in [1.82, 2.24) is 14.7 Å². The normalized spacial score (nSPS) is 20.4. The summed E-state index contributed by atoms with van der Waals surface area (Å²) in [6.07, 6.45) is 6.41. The van der Waals surface area contributed by atoms with Crippen molar-refractivity contribution in [3.8, 4) is 5.75 Å². The van der Waals surface area contributed by atoms with Crippen LogP contribution in [-0.4, -0.2) is 47.0 Å². The van der Waals surface area contributed by atoms with Gasteiger partial charge in [-0.2, -0.15) is 5.10 Å². The zero-order valence-electron chi connectivity index (χ0n) is 16.1. The molecule has 3 heterocycles. The number of carbonyl (C=O) groups excluding carboxylic acids is 1. The van der Waals surface area contributed by atoms with Gasteiger partial charge in [-0.25, -0.2) is 0 Å². The van der Waals surface area contributed by atoms with Crippen LogP contribution in [0.1, 0.15) is 41.3 Å². The molecule has 1 aromatic heterocycles. The van der Waals surface area contributed by atoms with Gasteiger partial charge in [0.15, 0.2) is 0 Å². The number of carbonyl (C=O) groups is 1. The van der Waals surface area contributed by atoms with Crippen molar-refractivity contribution in [2.24, 2.45) is 5.92 Å². The number of nitrogens with zero attached hydrogens (tertiary/aromatic N) is 3. The molecule has 1 amide bonds. The van der Waals surface area contributed by atoms with E-state index in [0.717, 1.165) is 44.8 Å². The summed E-state index contributed by atoms with van der Waals surface area (Å²) in [6.45, 7) is 4.98. The van der Waals surface area contributed by atoms with Crippen molar-refractivity contribution in [2.45, 2.75) is 45.3 Å². The second kappa shape index (κ2) is 7.72. The standard InChI is InChI=1S/C21H27N3O3/c1-3-23-13-18(12-22-23)21(25)24-14-16-4-5-19(26-2)10-17(16)11-20(24)15-6-8-27-9-7-15/h4-5,10,12-13,15,20H,3,6-9,11,14H2,1-2H3. The maximum Gasteiger partial charge on any atom is 0.257 e. The van der Waals surface area contributed by atoms with Crippen molar-refractivity contribution < 1.29 is 14.3 Å². The lowest BCUT2D eigenvalue weighted by Gasteiger charge is -2.42. The fourth-order valence-electron chi connectivity index (χ4n) is 4.27. The Bertz CT molecular complexity index is 811. The lowest BCUT2D eigenvalue weighted by Crippen LogP contribution is -2.49. The number of benzene rings is 1. The highest BCUT2D eigenvalue weighted by molar-refractivity contribution is 5.94. The van der Waals surface area contributed by atoms with Crippen LogP contribution in [0.15, 0.2) is 30.6 Å². The van der Waals surface area contributed by atoms with Gasteiger partial charge in [0, 0.05) is 38.5 Å². The van der Waals surface area contributed by atoms with Gasteiger partial charge in [0.25, 0.3) is 5.91 Å². The van der Waals surface area contributed by atoms with Crippen LogP contribution in [0.2, 0.25) is 0 Å². The molecule has 1 aromatic carbocycles. The monoisotopic (exact) mass is 369 g/mol. The second-order valence-electron chi connectivity index (χ2n) is 7.37. The van der Waals surface area contributed by atoms with Crippen LogP contribution < -0.4 is 4.74 Å². The summed E-state index contributed by atoms with van der Waals surface area (Å²) in [5.41, 5.74) is 3.17. The second-order valence-corrected chi connectivity index (χ2v) is 7.37. The number of rotatable bonds is 4. The van der Waals surface area contributed by atoms with Crippen LogP contribution in [-0.2, 0) is 24.2 Å². The van der Waals surface area contributed by atoms with E-state index >= 15 is 0 Å². The number of amides is 1. The Balaban J connectivity index is 1.66. The maximum absolute atomic E-state index is 13.3. The van der Waals surface area contributed by atoms with Crippen LogP contribution in [0.3, 0.4) is 0 Å². The molecule has 0 aliphatic carbocycles. The number of hydrogen-bond donors (Lipinski definition) is 0. The number of ether oxygens (including phenoxy) is 2. The molecule has 0 saturated carbocycles. The van der Waals surface area contributed by atoms with Gasteiger partial charge in [0.1, 0.15) is 5.75 Å². The van der Waals surface area contributed by atoms with Gasteiger partial charge in [0.05, 0.1) is 18.9 Å². The first-order valence-electron chi connectivity index (χ1n) is 9.76. The molecule has 0 radical (unpaired) electrons. The average Bonchev–Trinajstić information content (AvgIpc) is 3.22. The highest BCUT2D eigenvalue weighted by Crippen LogP contribution is 2.34. The molecule has 27 heavy (non-hydrogen) atoms. The van der Waals surface area contributed by atoms with Gasteiger partial charge in [0.2, 0.25) is 0 Å². The van der Waals surface area contributed by atoms with Crippen molar-refractivity contribution in [3.05, 3.63) is 47.3 Å². The Kier molecular flexibility index (Phi) is 5.16. The molecule has 1 fully saturated rings. The summed E-state index contributed by atoms with van der Waals surface area (Å²) < 4.78 is 12.8. The zero-order valence-corrected chi connectivity index (χ0v) is 16.1. The van der Waals surface area contributed by atoms with Gasteiger partial charge < -0.3 is 14.4 Å². The topological polar surface area (TPSA) is 56.6 Å². The first-order chi connectivity index (χ1) is 13.2. The summed E-state index contributed by atoms with van der Waals surface area (Å²) in [7, 11) is 1.70. The molecule has 0 spiro atoms. The van der Waals surface area contributed by atoms with Gasteiger partial charge >= 0.3 is 0 Å². The summed E-state index contributed by atoms with van der Waals surface area (Å²) in [5.74, 6) is 1.42. The first-order valence-corrected chi connectivity index (χ1v) is 9.76. The summed E-state index contributed by atoms with van der Waals surface area (Å²) in [4.78, 5) is 15.4. The molecule has 2 aliphatic heterocycles. The van der Waals surface area contributed by atoms with Crippen LogP contribution >= 0.6 is 0 Å². The van der Waals surface area contributed by atoms with Crippen molar-refractivity contribution in [3.63, 3.8) is 0 Å². The van der Waals surface area contributed by atoms with E-state index in [0.29, 0.717) is 18.0 Å². The molecule has 1 unspecified atom stereocenters. The molecule has 1 atom stereocenters. The predicted octanol–water partition coefficient (Wildman–Crippen LogP) is 2.91. The van der Waals surface area contributed by atoms with Crippen LogP contribution in [0.4, 0.5) is 0 Å². The summed E-state index contributed by atoms with van der Waals surface area (Å²) >= 11 is 0. The van der Waals surface area contributed by atoms with E-state index in [2.05, 4.69) is 22.1 Å². The van der Waals surface area contributed by atoms with Gasteiger partial charge in [-0.05, 0) is 55.4 Å². The predicted molar refractivity (Wildman–Crippen MR) is 102 cm³/mol. The Labute approximate surface area is 160 Å². The summed E-state index contributed by atoms with van der Waals surface area (Å²) in [6, 6.07) is 6.37. The van der Waals surface area contributed by atoms with Crippen LogP contribution in [0.25, 0.3) is 0 Å². The molecule has 1 saturated heterocycles. The molecule has 2 aromatic rings. The fraction of sp³-hybridized carbons (Fsp3) is 0.524. The minimum atomic E-state index is 0.0765. The Morgan fingerprint density at radius 3 is 2.81 bits per heavy atom. The molecule has 0 N–H and O–H groups in total. The molecular formula is C21H27N3O3. The zero-order chi connectivity index (χ0) is 18.8. The maximum atomic E-state index is 13.3.